The molecule has 0 aliphatic rings. The van der Waals surface area contributed by atoms with E-state index < -0.39 is 97.5 Å². The third-order valence-corrected chi connectivity index (χ3v) is 17.1. The van der Waals surface area contributed by atoms with Crippen LogP contribution in [0.5, 0.6) is 0 Å². The molecule has 0 saturated heterocycles. The normalized spacial score (nSPS) is 14.7. The predicted molar refractivity (Wildman–Crippen MR) is 399 cm³/mol. The van der Waals surface area contributed by atoms with Crippen LogP contribution in [0, 0.1) is 0 Å². The number of hydrogen-bond donors (Lipinski definition) is 3. The second-order valence-corrected chi connectivity index (χ2v) is 27.4. The molecule has 0 radical (unpaired) electrons. The number of phosphoric ester groups is 2. The van der Waals surface area contributed by atoms with E-state index in [1.54, 1.807) is 6.08 Å². The molecule has 3 N–H and O–H groups in total. The fourth-order valence-electron chi connectivity index (χ4n) is 9.55. The molecule has 17 nitrogen and oxygen atoms in total. The number of aliphatic hydroxyl groups is 1. The number of ether oxygens (including phenoxy) is 4. The zero-order valence-electron chi connectivity index (χ0n) is 60.9. The number of phosphoric acid groups is 2. The van der Waals surface area contributed by atoms with Gasteiger partial charge >= 0.3 is 39.5 Å². The van der Waals surface area contributed by atoms with Gasteiger partial charge in [0.05, 0.1) is 32.8 Å². The van der Waals surface area contributed by atoms with Crippen molar-refractivity contribution >= 4 is 39.5 Å². The van der Waals surface area contributed by atoms with Gasteiger partial charge < -0.3 is 33.8 Å². The summed E-state index contributed by atoms with van der Waals surface area (Å²) in [6.07, 6.45) is 77.9. The molecule has 98 heavy (non-hydrogen) atoms. The molecule has 0 saturated carbocycles. The van der Waals surface area contributed by atoms with Gasteiger partial charge in [-0.3, -0.25) is 37.3 Å². The lowest BCUT2D eigenvalue weighted by molar-refractivity contribution is -0.161. The average Bonchev–Trinajstić information content (AvgIpc) is 1.00. The number of hydrogen-bond acceptors (Lipinski definition) is 15. The lowest BCUT2D eigenvalue weighted by Crippen LogP contribution is -2.30. The second-order valence-electron chi connectivity index (χ2n) is 24.5. The van der Waals surface area contributed by atoms with Gasteiger partial charge in [0.1, 0.15) is 19.3 Å². The summed E-state index contributed by atoms with van der Waals surface area (Å²) in [6.45, 7) is 4.43. The first kappa shape index (κ1) is 93.2. The first-order chi connectivity index (χ1) is 47.7. The largest absolute Gasteiger partial charge is 0.472 e. The van der Waals surface area contributed by atoms with Gasteiger partial charge in [0.2, 0.25) is 0 Å². The van der Waals surface area contributed by atoms with Crippen molar-refractivity contribution in [2.24, 2.45) is 0 Å². The second kappa shape index (κ2) is 70.6. The Bertz CT molecular complexity index is 2380. The molecular formula is C79H132O17P2. The molecule has 5 unspecified atom stereocenters. The highest BCUT2D eigenvalue weighted by Crippen LogP contribution is 2.45. The molecule has 0 aliphatic carbocycles. The first-order valence-corrected chi connectivity index (χ1v) is 40.4. The van der Waals surface area contributed by atoms with Gasteiger partial charge in [-0.1, -0.05) is 303 Å². The third kappa shape index (κ3) is 69.7. The molecular weight excluding hydrogens is 1280 g/mol. The molecule has 0 aliphatic heterocycles. The van der Waals surface area contributed by atoms with E-state index in [1.807, 2.05) is 36.5 Å². The minimum Gasteiger partial charge on any atom is -0.462 e. The number of aliphatic hydroxyl groups excluding tert-OH is 1. The van der Waals surface area contributed by atoms with Gasteiger partial charge in [0, 0.05) is 19.3 Å². The molecule has 19 heteroatoms. The summed E-state index contributed by atoms with van der Waals surface area (Å²) in [7, 11) is -9.99. The van der Waals surface area contributed by atoms with E-state index in [9.17, 15) is 43.2 Å². The maximum atomic E-state index is 13.0. The number of esters is 4. The summed E-state index contributed by atoms with van der Waals surface area (Å²) in [6, 6.07) is 0. The highest BCUT2D eigenvalue weighted by molar-refractivity contribution is 7.47. The fourth-order valence-corrected chi connectivity index (χ4v) is 11.1. The van der Waals surface area contributed by atoms with Crippen molar-refractivity contribution in [3.8, 4) is 0 Å². The smallest absolute Gasteiger partial charge is 0.462 e. The van der Waals surface area contributed by atoms with Gasteiger partial charge in [-0.05, 0) is 89.9 Å². The quantitative estimate of drug-likeness (QED) is 0.0169. The number of carbonyl (C=O) groups is 4. The van der Waals surface area contributed by atoms with E-state index in [-0.39, 0.29) is 25.7 Å². The van der Waals surface area contributed by atoms with Crippen LogP contribution < -0.4 is 0 Å². The molecule has 560 valence electrons. The predicted octanol–water partition coefficient (Wildman–Crippen LogP) is 21.3. The van der Waals surface area contributed by atoms with E-state index in [2.05, 4.69) is 119 Å². The summed E-state index contributed by atoms with van der Waals surface area (Å²) in [5, 5.41) is 10.6. The fraction of sp³-hybridized carbons (Fsp3) is 0.671. The SMILES string of the molecule is CC/C=C\C/C=C\C/C=C\C/C=C\C/C=C\C/C=C\CCC(=O)OCC(COP(=O)(O)OCC(O)COP(=O)(O)OCC(COC(=O)C/C=C\C/C=C\C/C=C\C/C=C\C/C=C\CC)OC(=O)CCCCCCCCCCCCCCC)OC(=O)CCCCCCCCCCCCC. The van der Waals surface area contributed by atoms with E-state index in [0.29, 0.717) is 32.1 Å². The Morgan fingerprint density at radius 3 is 0.888 bits per heavy atom. The maximum Gasteiger partial charge on any atom is 0.472 e. The summed E-state index contributed by atoms with van der Waals surface area (Å²) in [5.74, 6) is -2.42. The Kier molecular flexibility index (Phi) is 67.2. The molecule has 0 heterocycles. The van der Waals surface area contributed by atoms with Crippen molar-refractivity contribution in [1.82, 2.24) is 0 Å². The van der Waals surface area contributed by atoms with Crippen LogP contribution in [-0.4, -0.2) is 96.7 Å². The Hall–Kier alpha value is -4.80. The molecule has 0 aromatic carbocycles. The van der Waals surface area contributed by atoms with Crippen LogP contribution in [0.3, 0.4) is 0 Å². The maximum absolute atomic E-state index is 13.0. The summed E-state index contributed by atoms with van der Waals surface area (Å²) in [5.41, 5.74) is 0. The molecule has 0 fully saturated rings. The first-order valence-electron chi connectivity index (χ1n) is 37.4. The molecule has 0 amide bonds. The highest BCUT2D eigenvalue weighted by Gasteiger charge is 2.30. The van der Waals surface area contributed by atoms with Gasteiger partial charge in [-0.2, -0.15) is 0 Å². The zero-order valence-corrected chi connectivity index (χ0v) is 62.7. The van der Waals surface area contributed by atoms with Crippen LogP contribution >= 0.6 is 15.6 Å². The van der Waals surface area contributed by atoms with Gasteiger partial charge in [0.25, 0.3) is 0 Å². The van der Waals surface area contributed by atoms with Crippen LogP contribution in [0.4, 0.5) is 0 Å². The van der Waals surface area contributed by atoms with E-state index >= 15 is 0 Å². The molecule has 0 bridgehead atoms. The Morgan fingerprint density at radius 2 is 0.571 bits per heavy atom. The van der Waals surface area contributed by atoms with Crippen LogP contribution in [0.25, 0.3) is 0 Å². The van der Waals surface area contributed by atoms with Crippen molar-refractivity contribution in [3.05, 3.63) is 134 Å². The standard InChI is InChI=1S/C79H132O17P2/c1-5-9-13-17-21-25-29-32-34-35-36-37-39-42-45-48-52-56-60-64-77(82)89-69-74(95-78(83)65-61-57-53-49-43-28-24-20-16-12-8-4)71-93-97(85,86)91-67-73(80)68-92-98(87,88)94-72-75(96-79(84)66-62-58-54-50-46-40-31-27-23-19-15-11-7-3)70-90-76(81)63-59-55-51-47-44-41-38-33-30-26-22-18-14-10-6-2/h9-10,13-14,21-22,25-26,32-34,36-38,42,44-45,47,52,55-56,59,73-75,80H,5-8,11-12,15-20,23-24,27-31,35,39-41,43,46,48-51,53-54,57-58,60-72H2,1-4H3,(H,85,86)(H,87,88)/b13-9-,14-10-,25-21-,26-22-,34-32-,37-36-,38-33-,45-42-,47-44-,56-52-,59-55-. The van der Waals surface area contributed by atoms with Gasteiger partial charge in [0.15, 0.2) is 12.2 Å². The molecule has 0 aromatic rings. The van der Waals surface area contributed by atoms with Crippen molar-refractivity contribution < 1.29 is 80.2 Å². The number of unbranched alkanes of at least 4 members (excludes halogenated alkanes) is 22. The Morgan fingerprint density at radius 1 is 0.306 bits per heavy atom. The minimum atomic E-state index is -4.99. The summed E-state index contributed by atoms with van der Waals surface area (Å²) >= 11 is 0. The lowest BCUT2D eigenvalue weighted by atomic mass is 10.0. The van der Waals surface area contributed by atoms with Crippen molar-refractivity contribution in [1.29, 1.82) is 0 Å². The number of allylic oxidation sites excluding steroid dienone is 21. The molecule has 0 rings (SSSR count). The van der Waals surface area contributed by atoms with Crippen LogP contribution in [0.1, 0.15) is 285 Å². The van der Waals surface area contributed by atoms with Crippen LogP contribution in [0.2, 0.25) is 0 Å². The Balaban J connectivity index is 5.43. The van der Waals surface area contributed by atoms with Crippen molar-refractivity contribution in [3.63, 3.8) is 0 Å². The molecule has 5 atom stereocenters. The number of carbonyl (C=O) groups excluding carboxylic acids is 4. The summed E-state index contributed by atoms with van der Waals surface area (Å²) in [4.78, 5) is 72.6. The monoisotopic (exact) mass is 1410 g/mol. The zero-order chi connectivity index (χ0) is 71.8. The highest BCUT2D eigenvalue weighted by atomic mass is 31.2. The van der Waals surface area contributed by atoms with E-state index in [4.69, 9.17) is 37.0 Å². The van der Waals surface area contributed by atoms with Gasteiger partial charge in [-0.25, -0.2) is 9.13 Å². The topological polar surface area (TPSA) is 237 Å². The minimum absolute atomic E-state index is 0.0335. The number of rotatable bonds is 69. The van der Waals surface area contributed by atoms with Crippen LogP contribution in [0.15, 0.2) is 134 Å². The van der Waals surface area contributed by atoms with Gasteiger partial charge in [-0.15, -0.1) is 0 Å². The van der Waals surface area contributed by atoms with Crippen molar-refractivity contribution in [2.45, 2.75) is 303 Å². The van der Waals surface area contributed by atoms with E-state index in [0.717, 1.165) is 109 Å². The van der Waals surface area contributed by atoms with Crippen molar-refractivity contribution in [2.75, 3.05) is 39.6 Å². The average molecular weight is 1420 g/mol. The lowest BCUT2D eigenvalue weighted by Gasteiger charge is -2.21. The third-order valence-electron chi connectivity index (χ3n) is 15.2. The van der Waals surface area contributed by atoms with E-state index in [1.165, 1.54) is 89.9 Å². The molecule has 0 spiro atoms. The Labute approximate surface area is 593 Å². The summed E-state index contributed by atoms with van der Waals surface area (Å²) < 4.78 is 68.2. The molecule has 0 aromatic heterocycles. The van der Waals surface area contributed by atoms with Crippen LogP contribution in [-0.2, 0) is 65.4 Å².